The van der Waals surface area contributed by atoms with Gasteiger partial charge in [0.15, 0.2) is 5.69 Å². The largest absolute Gasteiger partial charge is 0.476 e. The summed E-state index contributed by atoms with van der Waals surface area (Å²) >= 11 is 1.67. The summed E-state index contributed by atoms with van der Waals surface area (Å²) in [5, 5.41) is 8.66. The van der Waals surface area contributed by atoms with Crippen molar-refractivity contribution in [2.24, 2.45) is 0 Å². The summed E-state index contributed by atoms with van der Waals surface area (Å²) < 4.78 is 24.9. The summed E-state index contributed by atoms with van der Waals surface area (Å²) in [4.78, 5) is 14.2. The van der Waals surface area contributed by atoms with E-state index in [1.54, 1.807) is 22.6 Å². The number of carboxylic acids is 1. The number of hydrogen-bond acceptors (Lipinski definition) is 2. The molecular formula is C8H6F2INO2. The molecule has 0 fully saturated rings. The molecule has 0 aromatic carbocycles. The van der Waals surface area contributed by atoms with Crippen LogP contribution in [0, 0.1) is 10.5 Å². The molecule has 0 spiro atoms. The van der Waals surface area contributed by atoms with E-state index >= 15 is 0 Å². The number of halogens is 3. The number of carboxylic acid groups (broad SMARTS) is 1. The van der Waals surface area contributed by atoms with Gasteiger partial charge in [-0.1, -0.05) is 0 Å². The average Bonchev–Trinajstić information content (AvgIpc) is 2.07. The highest BCUT2D eigenvalue weighted by Gasteiger charge is 2.17. The lowest BCUT2D eigenvalue weighted by atomic mass is 10.2. The van der Waals surface area contributed by atoms with E-state index in [1.807, 2.05) is 0 Å². The zero-order chi connectivity index (χ0) is 10.9. The first kappa shape index (κ1) is 11.3. The predicted molar refractivity (Wildman–Crippen MR) is 53.6 cm³/mol. The van der Waals surface area contributed by atoms with Crippen LogP contribution >= 0.6 is 22.6 Å². The second-order valence-electron chi connectivity index (χ2n) is 2.60. The van der Waals surface area contributed by atoms with E-state index in [0.29, 0.717) is 0 Å². The van der Waals surface area contributed by atoms with Gasteiger partial charge in [-0.3, -0.25) is 0 Å². The lowest BCUT2D eigenvalue weighted by molar-refractivity contribution is 0.0688. The van der Waals surface area contributed by atoms with Crippen LogP contribution in [-0.2, 0) is 0 Å². The highest BCUT2D eigenvalue weighted by atomic mass is 127. The lowest BCUT2D eigenvalue weighted by Gasteiger charge is -2.06. The van der Waals surface area contributed by atoms with Crippen molar-refractivity contribution in [3.05, 3.63) is 26.6 Å². The third-order valence-corrected chi connectivity index (χ3v) is 2.47. The number of rotatable bonds is 2. The Hall–Kier alpha value is -0.790. The van der Waals surface area contributed by atoms with Gasteiger partial charge in [0.25, 0.3) is 6.43 Å². The predicted octanol–water partition coefficient (Wildman–Crippen LogP) is 2.63. The van der Waals surface area contributed by atoms with Crippen LogP contribution in [0.3, 0.4) is 0 Å². The highest BCUT2D eigenvalue weighted by molar-refractivity contribution is 14.1. The Kier molecular flexibility index (Phi) is 3.35. The molecule has 1 rings (SSSR count). The molecule has 1 heterocycles. The number of carbonyl (C=O) groups is 1. The number of aromatic carboxylic acids is 1. The molecule has 1 aromatic heterocycles. The topological polar surface area (TPSA) is 50.2 Å². The van der Waals surface area contributed by atoms with Crippen LogP contribution in [-0.4, -0.2) is 16.1 Å². The molecule has 3 nitrogen and oxygen atoms in total. The molecule has 0 amide bonds. The standard InChI is InChI=1S/C8H6F2INO2/c1-3-4(7(9)10)2-5(11)6(12-3)8(13)14/h2,7H,1H3,(H,13,14). The fourth-order valence-corrected chi connectivity index (χ4v) is 1.65. The average molecular weight is 313 g/mol. The van der Waals surface area contributed by atoms with Crippen LogP contribution in [0.4, 0.5) is 8.78 Å². The number of hydrogen-bond donors (Lipinski definition) is 1. The minimum absolute atomic E-state index is 0.0535. The van der Waals surface area contributed by atoms with Gasteiger partial charge in [-0.05, 0) is 35.6 Å². The third kappa shape index (κ3) is 2.17. The van der Waals surface area contributed by atoms with Crippen molar-refractivity contribution in [1.82, 2.24) is 4.98 Å². The highest BCUT2D eigenvalue weighted by Crippen LogP contribution is 2.24. The van der Waals surface area contributed by atoms with Crippen molar-refractivity contribution < 1.29 is 18.7 Å². The molecule has 0 atom stereocenters. The maximum absolute atomic E-state index is 12.3. The normalized spacial score (nSPS) is 10.6. The van der Waals surface area contributed by atoms with E-state index in [-0.39, 0.29) is 20.5 Å². The van der Waals surface area contributed by atoms with Gasteiger partial charge in [0.05, 0.1) is 0 Å². The van der Waals surface area contributed by atoms with Crippen LogP contribution in [0.2, 0.25) is 0 Å². The summed E-state index contributed by atoms with van der Waals surface area (Å²) in [6, 6.07) is 1.15. The SMILES string of the molecule is Cc1nc(C(=O)O)c(I)cc1C(F)F. The molecular weight excluding hydrogens is 307 g/mol. The first-order valence-electron chi connectivity index (χ1n) is 3.62. The van der Waals surface area contributed by atoms with Crippen LogP contribution in [0.25, 0.3) is 0 Å². The molecule has 0 aliphatic heterocycles. The third-order valence-electron chi connectivity index (χ3n) is 1.64. The molecule has 6 heteroatoms. The molecule has 0 unspecified atom stereocenters. The van der Waals surface area contributed by atoms with Crippen LogP contribution in [0.1, 0.15) is 28.2 Å². The van der Waals surface area contributed by atoms with Crippen molar-refractivity contribution in [2.45, 2.75) is 13.3 Å². The Morgan fingerprint density at radius 2 is 2.21 bits per heavy atom. The second kappa shape index (κ2) is 4.16. The fraction of sp³-hybridized carbons (Fsp3) is 0.250. The van der Waals surface area contributed by atoms with Gasteiger partial charge in [0, 0.05) is 14.8 Å². The molecule has 1 aromatic rings. The Balaban J connectivity index is 3.31. The van der Waals surface area contributed by atoms with Crippen molar-refractivity contribution in [2.75, 3.05) is 0 Å². The Labute approximate surface area is 92.3 Å². The van der Waals surface area contributed by atoms with Crippen molar-refractivity contribution in [1.29, 1.82) is 0 Å². The Morgan fingerprint density at radius 1 is 1.64 bits per heavy atom. The smallest absolute Gasteiger partial charge is 0.355 e. The zero-order valence-corrected chi connectivity index (χ0v) is 9.25. The van der Waals surface area contributed by atoms with Crippen LogP contribution in [0.5, 0.6) is 0 Å². The summed E-state index contributed by atoms with van der Waals surface area (Å²) in [6.45, 7) is 1.37. The number of nitrogens with zero attached hydrogens (tertiary/aromatic N) is 1. The number of pyridine rings is 1. The van der Waals surface area contributed by atoms with Gasteiger partial charge in [-0.25, -0.2) is 18.6 Å². The van der Waals surface area contributed by atoms with Crippen LogP contribution in [0.15, 0.2) is 6.07 Å². The molecule has 0 aliphatic carbocycles. The number of aromatic nitrogens is 1. The molecule has 0 radical (unpaired) electrons. The Bertz CT molecular complexity index is 382. The molecule has 0 saturated carbocycles. The fourth-order valence-electron chi connectivity index (χ4n) is 0.966. The quantitative estimate of drug-likeness (QED) is 0.854. The Morgan fingerprint density at radius 3 is 2.64 bits per heavy atom. The number of alkyl halides is 2. The van der Waals surface area contributed by atoms with E-state index in [9.17, 15) is 13.6 Å². The van der Waals surface area contributed by atoms with Crippen molar-refractivity contribution >= 4 is 28.6 Å². The van der Waals surface area contributed by atoms with E-state index in [0.717, 1.165) is 6.07 Å². The summed E-state index contributed by atoms with van der Waals surface area (Å²) in [5.74, 6) is -1.21. The number of aryl methyl sites for hydroxylation is 1. The molecule has 0 aliphatic rings. The maximum atomic E-state index is 12.3. The second-order valence-corrected chi connectivity index (χ2v) is 3.76. The van der Waals surface area contributed by atoms with E-state index in [4.69, 9.17) is 5.11 Å². The first-order chi connectivity index (χ1) is 6.43. The van der Waals surface area contributed by atoms with Gasteiger partial charge < -0.3 is 5.11 Å². The molecule has 0 saturated heterocycles. The maximum Gasteiger partial charge on any atom is 0.355 e. The zero-order valence-electron chi connectivity index (χ0n) is 7.09. The molecule has 76 valence electrons. The minimum atomic E-state index is -2.63. The van der Waals surface area contributed by atoms with E-state index < -0.39 is 12.4 Å². The van der Waals surface area contributed by atoms with Crippen LogP contribution < -0.4 is 0 Å². The van der Waals surface area contributed by atoms with Gasteiger partial charge >= 0.3 is 5.97 Å². The van der Waals surface area contributed by atoms with Gasteiger partial charge in [-0.15, -0.1) is 0 Å². The van der Waals surface area contributed by atoms with E-state index in [2.05, 4.69) is 4.98 Å². The lowest BCUT2D eigenvalue weighted by Crippen LogP contribution is -2.07. The monoisotopic (exact) mass is 313 g/mol. The molecule has 0 bridgehead atoms. The summed E-state index contributed by atoms with van der Waals surface area (Å²) in [6.07, 6.45) is -2.63. The summed E-state index contributed by atoms with van der Waals surface area (Å²) in [7, 11) is 0. The summed E-state index contributed by atoms with van der Waals surface area (Å²) in [5.41, 5.74) is -0.357. The molecule has 1 N–H and O–H groups in total. The van der Waals surface area contributed by atoms with Gasteiger partial charge in [0.2, 0.25) is 0 Å². The van der Waals surface area contributed by atoms with Crippen molar-refractivity contribution in [3.8, 4) is 0 Å². The minimum Gasteiger partial charge on any atom is -0.476 e. The van der Waals surface area contributed by atoms with Gasteiger partial charge in [-0.2, -0.15) is 0 Å². The van der Waals surface area contributed by atoms with Crippen molar-refractivity contribution in [3.63, 3.8) is 0 Å². The molecule has 14 heavy (non-hydrogen) atoms. The first-order valence-corrected chi connectivity index (χ1v) is 4.70. The van der Waals surface area contributed by atoms with E-state index in [1.165, 1.54) is 6.92 Å². The van der Waals surface area contributed by atoms with Gasteiger partial charge in [0.1, 0.15) is 0 Å².